The Kier molecular flexibility index (Phi) is 4.69. The Morgan fingerprint density at radius 2 is 2.19 bits per heavy atom. The third kappa shape index (κ3) is 3.44. The van der Waals surface area contributed by atoms with Crippen molar-refractivity contribution in [2.75, 3.05) is 13.1 Å². The van der Waals surface area contributed by atoms with Crippen LogP contribution in [-0.2, 0) is 10.0 Å². The van der Waals surface area contributed by atoms with Crippen molar-refractivity contribution in [3.63, 3.8) is 0 Å². The summed E-state index contributed by atoms with van der Waals surface area (Å²) in [6.45, 7) is 3.31. The molecule has 1 aliphatic rings. The van der Waals surface area contributed by atoms with E-state index < -0.39 is 20.7 Å². The Labute approximate surface area is 131 Å². The van der Waals surface area contributed by atoms with Crippen LogP contribution in [0.25, 0.3) is 0 Å². The zero-order valence-electron chi connectivity index (χ0n) is 11.5. The number of likely N-dealkylation sites (tertiary alicyclic amines) is 1. The van der Waals surface area contributed by atoms with Crippen molar-refractivity contribution < 1.29 is 17.6 Å². The first-order valence-corrected chi connectivity index (χ1v) is 8.89. The smallest absolute Gasteiger partial charge is 0.255 e. The highest BCUT2D eigenvalue weighted by Gasteiger charge is 2.28. The average molecular weight is 379 g/mol. The van der Waals surface area contributed by atoms with Gasteiger partial charge in [0, 0.05) is 17.6 Å². The number of amides is 1. The van der Waals surface area contributed by atoms with Crippen LogP contribution in [0.1, 0.15) is 30.1 Å². The van der Waals surface area contributed by atoms with Gasteiger partial charge in [-0.05, 0) is 40.4 Å². The van der Waals surface area contributed by atoms with Crippen LogP contribution in [0.3, 0.4) is 0 Å². The van der Waals surface area contributed by atoms with Gasteiger partial charge in [-0.2, -0.15) is 0 Å². The lowest BCUT2D eigenvalue weighted by Crippen LogP contribution is -2.29. The first kappa shape index (κ1) is 16.4. The zero-order chi connectivity index (χ0) is 15.8. The molecular formula is C13H16BrFN2O3S. The normalized spacial score (nSPS) is 19.0. The van der Waals surface area contributed by atoms with Crippen LogP contribution in [-0.4, -0.2) is 32.3 Å². The molecule has 116 valence electrons. The van der Waals surface area contributed by atoms with E-state index in [1.165, 1.54) is 0 Å². The van der Waals surface area contributed by atoms with E-state index >= 15 is 0 Å². The minimum Gasteiger partial charge on any atom is -0.338 e. The highest BCUT2D eigenvalue weighted by molar-refractivity contribution is 9.10. The van der Waals surface area contributed by atoms with E-state index in [9.17, 15) is 17.6 Å². The maximum absolute atomic E-state index is 13.7. The monoisotopic (exact) mass is 378 g/mol. The van der Waals surface area contributed by atoms with Crippen LogP contribution >= 0.6 is 15.9 Å². The molecule has 8 heteroatoms. The number of benzene rings is 1. The Morgan fingerprint density at radius 1 is 1.52 bits per heavy atom. The number of hydrogen-bond donors (Lipinski definition) is 1. The van der Waals surface area contributed by atoms with Crippen molar-refractivity contribution >= 4 is 31.9 Å². The Morgan fingerprint density at radius 3 is 2.71 bits per heavy atom. The summed E-state index contributed by atoms with van der Waals surface area (Å²) >= 11 is 3.10. The van der Waals surface area contributed by atoms with E-state index in [4.69, 9.17) is 5.14 Å². The Hall–Kier alpha value is -0.990. The fraction of sp³-hybridized carbons (Fsp3) is 0.462. The SMILES string of the molecule is CCC1CCN(C(=O)c2cc(S(N)(=O)=O)c(F)cc2Br)C1. The van der Waals surface area contributed by atoms with Gasteiger partial charge in [-0.25, -0.2) is 17.9 Å². The molecule has 1 saturated heterocycles. The number of nitrogens with zero attached hydrogens (tertiary/aromatic N) is 1. The van der Waals surface area contributed by atoms with Crippen LogP contribution in [0, 0.1) is 11.7 Å². The number of primary sulfonamides is 1. The van der Waals surface area contributed by atoms with E-state index in [1.54, 1.807) is 4.90 Å². The minimum absolute atomic E-state index is 0.108. The van der Waals surface area contributed by atoms with E-state index in [0.717, 1.165) is 25.0 Å². The lowest BCUT2D eigenvalue weighted by Gasteiger charge is -2.18. The standard InChI is InChI=1S/C13H16BrFN2O3S/c1-2-8-3-4-17(7-8)13(18)9-5-12(21(16,19)20)11(15)6-10(9)14/h5-6,8H,2-4,7H2,1H3,(H2,16,19,20). The molecule has 1 atom stereocenters. The molecule has 0 aliphatic carbocycles. The van der Waals surface area contributed by atoms with E-state index in [0.29, 0.717) is 19.0 Å². The quantitative estimate of drug-likeness (QED) is 0.874. The average Bonchev–Trinajstić information content (AvgIpc) is 2.85. The molecule has 0 radical (unpaired) electrons. The van der Waals surface area contributed by atoms with Crippen molar-refractivity contribution in [1.82, 2.24) is 4.90 Å². The molecule has 2 rings (SSSR count). The highest BCUT2D eigenvalue weighted by atomic mass is 79.9. The van der Waals surface area contributed by atoms with E-state index in [1.807, 2.05) is 0 Å². The van der Waals surface area contributed by atoms with Crippen LogP contribution in [0.4, 0.5) is 4.39 Å². The maximum Gasteiger partial charge on any atom is 0.255 e. The van der Waals surface area contributed by atoms with Crippen molar-refractivity contribution in [3.8, 4) is 0 Å². The molecule has 5 nitrogen and oxygen atoms in total. The van der Waals surface area contributed by atoms with Crippen LogP contribution < -0.4 is 5.14 Å². The third-order valence-corrected chi connectivity index (χ3v) is 5.29. The van der Waals surface area contributed by atoms with Gasteiger partial charge >= 0.3 is 0 Å². The molecule has 0 aromatic heterocycles. The molecule has 0 saturated carbocycles. The number of halogens is 2. The molecule has 1 amide bonds. The Bertz CT molecular complexity index is 678. The van der Waals surface area contributed by atoms with Gasteiger partial charge < -0.3 is 4.90 Å². The second-order valence-electron chi connectivity index (χ2n) is 5.12. The van der Waals surface area contributed by atoms with Crippen molar-refractivity contribution in [3.05, 3.63) is 28.0 Å². The number of sulfonamides is 1. The van der Waals surface area contributed by atoms with E-state index in [-0.39, 0.29) is 15.9 Å². The van der Waals surface area contributed by atoms with Crippen LogP contribution in [0.2, 0.25) is 0 Å². The Balaban J connectivity index is 2.38. The fourth-order valence-electron chi connectivity index (χ4n) is 2.43. The summed E-state index contributed by atoms with van der Waals surface area (Å²) in [5.41, 5.74) is 0.108. The summed E-state index contributed by atoms with van der Waals surface area (Å²) in [5, 5.41) is 4.97. The molecule has 1 aromatic rings. The summed E-state index contributed by atoms with van der Waals surface area (Å²) in [6, 6.07) is 1.96. The molecule has 1 heterocycles. The van der Waals surface area contributed by atoms with Gasteiger partial charge in [0.1, 0.15) is 10.7 Å². The summed E-state index contributed by atoms with van der Waals surface area (Å²) < 4.78 is 36.6. The molecule has 1 unspecified atom stereocenters. The third-order valence-electron chi connectivity index (χ3n) is 3.71. The first-order chi connectivity index (χ1) is 9.74. The number of carbonyl (C=O) groups excluding carboxylic acids is 1. The highest BCUT2D eigenvalue weighted by Crippen LogP contribution is 2.27. The molecule has 2 N–H and O–H groups in total. The van der Waals surface area contributed by atoms with Crippen molar-refractivity contribution in [1.29, 1.82) is 0 Å². The van der Waals surface area contributed by atoms with Gasteiger partial charge in [0.05, 0.1) is 5.56 Å². The van der Waals surface area contributed by atoms with Crippen molar-refractivity contribution in [2.45, 2.75) is 24.7 Å². The van der Waals surface area contributed by atoms with Gasteiger partial charge in [0.2, 0.25) is 10.0 Å². The van der Waals surface area contributed by atoms with Gasteiger partial charge in [-0.15, -0.1) is 0 Å². The topological polar surface area (TPSA) is 80.5 Å². The molecular weight excluding hydrogens is 363 g/mol. The summed E-state index contributed by atoms with van der Waals surface area (Å²) in [5.74, 6) is -0.845. The predicted octanol–water partition coefficient (Wildman–Crippen LogP) is 2.11. The fourth-order valence-corrected chi connectivity index (χ4v) is 3.53. The van der Waals surface area contributed by atoms with Crippen LogP contribution in [0.15, 0.2) is 21.5 Å². The molecule has 1 fully saturated rings. The minimum atomic E-state index is -4.21. The van der Waals surface area contributed by atoms with E-state index in [2.05, 4.69) is 22.9 Å². The number of nitrogens with two attached hydrogens (primary N) is 1. The van der Waals surface area contributed by atoms with Gasteiger partial charge in [-0.3, -0.25) is 4.79 Å². The summed E-state index contributed by atoms with van der Waals surface area (Å²) in [7, 11) is -4.21. The van der Waals surface area contributed by atoms with Gasteiger partial charge in [0.25, 0.3) is 5.91 Å². The molecule has 21 heavy (non-hydrogen) atoms. The molecule has 0 bridgehead atoms. The molecule has 1 aromatic carbocycles. The summed E-state index contributed by atoms with van der Waals surface area (Å²) in [6.07, 6.45) is 1.90. The summed E-state index contributed by atoms with van der Waals surface area (Å²) in [4.78, 5) is 13.4. The second-order valence-corrected chi connectivity index (χ2v) is 7.51. The lowest BCUT2D eigenvalue weighted by molar-refractivity contribution is 0.0785. The first-order valence-electron chi connectivity index (χ1n) is 6.55. The molecule has 1 aliphatic heterocycles. The molecule has 0 spiro atoms. The largest absolute Gasteiger partial charge is 0.338 e. The van der Waals surface area contributed by atoms with Crippen molar-refractivity contribution in [2.24, 2.45) is 11.1 Å². The maximum atomic E-state index is 13.7. The van der Waals surface area contributed by atoms with Gasteiger partial charge in [-0.1, -0.05) is 13.3 Å². The number of carbonyl (C=O) groups is 1. The van der Waals surface area contributed by atoms with Gasteiger partial charge in [0.15, 0.2) is 0 Å². The zero-order valence-corrected chi connectivity index (χ0v) is 13.9. The second kappa shape index (κ2) is 6.02. The number of rotatable bonds is 3. The number of hydrogen-bond acceptors (Lipinski definition) is 3. The van der Waals surface area contributed by atoms with Crippen LogP contribution in [0.5, 0.6) is 0 Å². The lowest BCUT2D eigenvalue weighted by atomic mass is 10.1. The predicted molar refractivity (Wildman–Crippen MR) is 79.8 cm³/mol.